The second-order valence-corrected chi connectivity index (χ2v) is 14.5. The molecule has 1 aliphatic heterocycles. The summed E-state index contributed by atoms with van der Waals surface area (Å²) in [6, 6.07) is -0.535. The van der Waals surface area contributed by atoms with Gasteiger partial charge in [0.05, 0.1) is 12.6 Å². The minimum absolute atomic E-state index is 0.117. The quantitative estimate of drug-likeness (QED) is 0.388. The summed E-state index contributed by atoms with van der Waals surface area (Å²) >= 11 is 16.8. The molecule has 0 aromatic heterocycles. The highest BCUT2D eigenvalue weighted by molar-refractivity contribution is 6.76. The van der Waals surface area contributed by atoms with Gasteiger partial charge in [-0.1, -0.05) is 67.7 Å². The van der Waals surface area contributed by atoms with Crippen LogP contribution in [0.3, 0.4) is 0 Å². The summed E-state index contributed by atoms with van der Waals surface area (Å²) < 4.78 is 15.6. The molecule has 1 N–H and O–H groups in total. The van der Waals surface area contributed by atoms with Crippen molar-refractivity contribution in [3.05, 3.63) is 12.2 Å². The van der Waals surface area contributed by atoms with Crippen LogP contribution >= 0.6 is 34.8 Å². The van der Waals surface area contributed by atoms with Crippen LogP contribution in [0.2, 0.25) is 18.1 Å². The van der Waals surface area contributed by atoms with Gasteiger partial charge in [-0.3, -0.25) is 4.79 Å². The summed E-state index contributed by atoms with van der Waals surface area (Å²) in [6.45, 7) is 13.6. The van der Waals surface area contributed by atoms with E-state index in [1.54, 1.807) is 6.08 Å². The Bertz CT molecular complexity index is 489. The average molecular weight is 433 g/mol. The van der Waals surface area contributed by atoms with E-state index in [0.717, 1.165) is 0 Å². The van der Waals surface area contributed by atoms with Crippen LogP contribution in [-0.4, -0.2) is 49.7 Å². The van der Waals surface area contributed by atoms with Crippen LogP contribution in [0.5, 0.6) is 0 Å². The highest BCUT2D eigenvalue weighted by atomic mass is 35.6. The van der Waals surface area contributed by atoms with Gasteiger partial charge in [-0.2, -0.15) is 0 Å². The fraction of sp³-hybridized carbons (Fsp3) is 0.812. The molecule has 1 amide bonds. The van der Waals surface area contributed by atoms with Crippen molar-refractivity contribution >= 4 is 49.0 Å². The summed E-state index contributed by atoms with van der Waals surface area (Å²) in [5.41, 5.74) is 0. The van der Waals surface area contributed by atoms with E-state index in [4.69, 9.17) is 48.7 Å². The van der Waals surface area contributed by atoms with Gasteiger partial charge in [0, 0.05) is 6.61 Å². The Morgan fingerprint density at radius 2 is 1.84 bits per heavy atom. The van der Waals surface area contributed by atoms with Gasteiger partial charge in [0.2, 0.25) is 0 Å². The lowest BCUT2D eigenvalue weighted by molar-refractivity contribution is -0.179. The van der Waals surface area contributed by atoms with Gasteiger partial charge in [-0.25, -0.2) is 0 Å². The van der Waals surface area contributed by atoms with E-state index in [2.05, 4.69) is 39.2 Å². The molecule has 0 fully saturated rings. The number of hydrogen-bond donors (Lipinski definition) is 1. The summed E-state index contributed by atoms with van der Waals surface area (Å²) in [7, 11) is -1.87. The molecule has 0 aromatic carbocycles. The standard InChI is InChI=1S/C16H28Cl3NO4Si/c1-7-22-13-12(20-14(21)16(17,18)19)9-8-11(24-13)10-23-25(5,6)15(2,3)4/h8-9,11-13H,7,10H2,1-6H3,(H,20,21)/t11-,12+,13-/m0/s1. The van der Waals surface area contributed by atoms with E-state index in [9.17, 15) is 4.79 Å². The van der Waals surface area contributed by atoms with Gasteiger partial charge < -0.3 is 19.2 Å². The van der Waals surface area contributed by atoms with Crippen molar-refractivity contribution in [1.82, 2.24) is 5.32 Å². The van der Waals surface area contributed by atoms with Gasteiger partial charge in [0.15, 0.2) is 14.6 Å². The third-order valence-corrected chi connectivity index (χ3v) is 9.45. The first-order valence-electron chi connectivity index (χ1n) is 8.25. The second-order valence-electron chi connectivity index (χ2n) is 7.45. The normalized spacial score (nSPS) is 25.1. The monoisotopic (exact) mass is 431 g/mol. The van der Waals surface area contributed by atoms with E-state index >= 15 is 0 Å². The van der Waals surface area contributed by atoms with Crippen molar-refractivity contribution < 1.29 is 18.7 Å². The Hall–Kier alpha value is 0.177. The molecule has 0 bridgehead atoms. The van der Waals surface area contributed by atoms with Crippen LogP contribution in [0.1, 0.15) is 27.7 Å². The average Bonchev–Trinajstić information content (AvgIpc) is 2.45. The molecule has 0 unspecified atom stereocenters. The molecule has 0 saturated heterocycles. The van der Waals surface area contributed by atoms with Gasteiger partial charge in [-0.15, -0.1) is 0 Å². The molecule has 146 valence electrons. The summed E-state index contributed by atoms with van der Waals surface area (Å²) in [5.74, 6) is -0.726. The van der Waals surface area contributed by atoms with E-state index in [1.165, 1.54) is 0 Å². The molecule has 1 heterocycles. The van der Waals surface area contributed by atoms with Gasteiger partial charge >= 0.3 is 0 Å². The van der Waals surface area contributed by atoms with Crippen LogP contribution in [0, 0.1) is 0 Å². The van der Waals surface area contributed by atoms with Gasteiger partial charge in [0.25, 0.3) is 9.70 Å². The number of amides is 1. The largest absolute Gasteiger partial charge is 0.414 e. The topological polar surface area (TPSA) is 56.8 Å². The maximum absolute atomic E-state index is 11.9. The first-order valence-corrected chi connectivity index (χ1v) is 12.3. The number of carbonyl (C=O) groups is 1. The Balaban J connectivity index is 2.73. The van der Waals surface area contributed by atoms with Crippen LogP contribution in [0.25, 0.3) is 0 Å². The Morgan fingerprint density at radius 3 is 2.32 bits per heavy atom. The summed E-state index contributed by atoms with van der Waals surface area (Å²) in [4.78, 5) is 11.9. The number of alkyl halides is 3. The molecule has 5 nitrogen and oxygen atoms in total. The number of carbonyl (C=O) groups excluding carboxylic acids is 1. The molecule has 25 heavy (non-hydrogen) atoms. The molecule has 9 heteroatoms. The lowest BCUT2D eigenvalue weighted by Crippen LogP contribution is -2.52. The van der Waals surface area contributed by atoms with E-state index in [0.29, 0.717) is 13.2 Å². The lowest BCUT2D eigenvalue weighted by atomic mass is 10.1. The molecular formula is C16H28Cl3NO4Si. The van der Waals surface area contributed by atoms with Crippen molar-refractivity contribution in [2.75, 3.05) is 13.2 Å². The highest BCUT2D eigenvalue weighted by Gasteiger charge is 2.39. The van der Waals surface area contributed by atoms with Crippen molar-refractivity contribution in [2.24, 2.45) is 0 Å². The maximum atomic E-state index is 11.9. The van der Waals surface area contributed by atoms with Crippen molar-refractivity contribution in [1.29, 1.82) is 0 Å². The van der Waals surface area contributed by atoms with E-state index < -0.39 is 30.3 Å². The fourth-order valence-electron chi connectivity index (χ4n) is 1.90. The molecule has 0 spiro atoms. The summed E-state index contributed by atoms with van der Waals surface area (Å²) in [6.07, 6.45) is 2.70. The fourth-order valence-corrected chi connectivity index (χ4v) is 3.07. The molecule has 0 radical (unpaired) electrons. The Labute approximate surface area is 166 Å². The molecular weight excluding hydrogens is 405 g/mol. The molecule has 1 rings (SSSR count). The highest BCUT2D eigenvalue weighted by Crippen LogP contribution is 2.36. The van der Waals surface area contributed by atoms with Crippen molar-refractivity contribution in [3.8, 4) is 0 Å². The van der Waals surface area contributed by atoms with Crippen LogP contribution in [0.15, 0.2) is 12.2 Å². The molecule has 0 aliphatic carbocycles. The first kappa shape index (κ1) is 23.2. The van der Waals surface area contributed by atoms with Gasteiger partial charge in [0.1, 0.15) is 6.10 Å². The molecule has 1 aliphatic rings. The van der Waals surface area contributed by atoms with Crippen LogP contribution < -0.4 is 5.32 Å². The van der Waals surface area contributed by atoms with Crippen LogP contribution in [-0.2, 0) is 18.7 Å². The van der Waals surface area contributed by atoms with Gasteiger partial charge in [-0.05, 0) is 25.1 Å². The third-order valence-electron chi connectivity index (χ3n) is 4.44. The predicted molar refractivity (Wildman–Crippen MR) is 105 cm³/mol. The summed E-state index contributed by atoms with van der Waals surface area (Å²) in [5, 5.41) is 2.72. The minimum Gasteiger partial charge on any atom is -0.414 e. The molecule has 3 atom stereocenters. The zero-order valence-electron chi connectivity index (χ0n) is 15.6. The van der Waals surface area contributed by atoms with E-state index in [1.807, 2.05) is 13.0 Å². The molecule has 0 saturated carbocycles. The Kier molecular flexibility index (Phi) is 8.28. The Morgan fingerprint density at radius 1 is 1.24 bits per heavy atom. The maximum Gasteiger partial charge on any atom is 0.272 e. The smallest absolute Gasteiger partial charge is 0.272 e. The van der Waals surface area contributed by atoms with Crippen molar-refractivity contribution in [3.63, 3.8) is 0 Å². The molecule has 0 aromatic rings. The number of rotatable bonds is 6. The van der Waals surface area contributed by atoms with E-state index in [-0.39, 0.29) is 11.1 Å². The van der Waals surface area contributed by atoms with Crippen LogP contribution in [0.4, 0.5) is 0 Å². The van der Waals surface area contributed by atoms with Crippen molar-refractivity contribution in [2.45, 2.75) is 68.1 Å². The zero-order valence-corrected chi connectivity index (χ0v) is 18.8. The predicted octanol–water partition coefficient (Wildman–Crippen LogP) is 4.18. The number of ether oxygens (including phenoxy) is 2. The SMILES string of the molecule is CCO[C@H]1O[C@H](CO[Si](C)(C)C(C)(C)C)C=C[C@H]1NC(=O)C(Cl)(Cl)Cl. The first-order chi connectivity index (χ1) is 11.3. The zero-order chi connectivity index (χ0) is 19.5. The number of nitrogens with one attached hydrogen (secondary N) is 1. The lowest BCUT2D eigenvalue weighted by Gasteiger charge is -2.38. The number of halogens is 3. The minimum atomic E-state index is -2.03. The number of hydrogen-bond acceptors (Lipinski definition) is 4. The third kappa shape index (κ3) is 7.01. The second kappa shape index (κ2) is 8.91.